The van der Waals surface area contributed by atoms with E-state index in [1.165, 1.54) is 10.9 Å². The van der Waals surface area contributed by atoms with Crippen molar-refractivity contribution in [3.8, 4) is 0 Å². The van der Waals surface area contributed by atoms with Gasteiger partial charge in [0.05, 0.1) is 5.39 Å². The fourth-order valence-corrected chi connectivity index (χ4v) is 2.93. The van der Waals surface area contributed by atoms with Gasteiger partial charge in [-0.2, -0.15) is 4.98 Å². The van der Waals surface area contributed by atoms with Crippen molar-refractivity contribution in [3.63, 3.8) is 0 Å². The predicted molar refractivity (Wildman–Crippen MR) is 57.3 cm³/mol. The number of thioether (sulfide) groups is 1. The quantitative estimate of drug-likeness (QED) is 0.658. The van der Waals surface area contributed by atoms with Crippen molar-refractivity contribution in [1.82, 2.24) is 14.5 Å². The molecular weight excluding hydrogens is 196 g/mol. The first-order chi connectivity index (χ1) is 6.75. The first-order valence-corrected chi connectivity index (χ1v) is 5.48. The minimum absolute atomic E-state index is 0.370. The van der Waals surface area contributed by atoms with Crippen molar-refractivity contribution in [3.05, 3.63) is 11.8 Å². The van der Waals surface area contributed by atoms with Gasteiger partial charge in [0.1, 0.15) is 10.7 Å². The fourth-order valence-electron chi connectivity index (χ4n) is 1.89. The van der Waals surface area contributed by atoms with Crippen LogP contribution in [0.2, 0.25) is 0 Å². The van der Waals surface area contributed by atoms with Crippen LogP contribution in [0.3, 0.4) is 0 Å². The number of aromatic nitrogens is 3. The van der Waals surface area contributed by atoms with Gasteiger partial charge in [0.15, 0.2) is 0 Å². The first-order valence-electron chi connectivity index (χ1n) is 4.50. The van der Waals surface area contributed by atoms with Gasteiger partial charge in [-0.3, -0.25) is 0 Å². The van der Waals surface area contributed by atoms with E-state index in [1.807, 2.05) is 11.6 Å². The largest absolute Gasteiger partial charge is 0.368 e. The van der Waals surface area contributed by atoms with Gasteiger partial charge in [-0.15, -0.1) is 11.8 Å². The van der Waals surface area contributed by atoms with Crippen LogP contribution >= 0.6 is 11.8 Å². The molecule has 0 atom stereocenters. The highest BCUT2D eigenvalue weighted by Gasteiger charge is 2.18. The number of anilines is 1. The highest BCUT2D eigenvalue weighted by molar-refractivity contribution is 7.99. The lowest BCUT2D eigenvalue weighted by Crippen LogP contribution is -2.02. The molecule has 0 radical (unpaired) electrons. The van der Waals surface area contributed by atoms with Gasteiger partial charge >= 0.3 is 0 Å². The Hall–Kier alpha value is -1.23. The molecule has 0 saturated carbocycles. The fraction of sp³-hybridized carbons (Fsp3) is 0.333. The van der Waals surface area contributed by atoms with E-state index in [0.29, 0.717) is 5.95 Å². The molecule has 2 aromatic rings. The summed E-state index contributed by atoms with van der Waals surface area (Å²) < 4.78 is 2.03. The molecule has 0 fully saturated rings. The molecule has 1 aliphatic heterocycles. The number of rotatable bonds is 0. The SMILES string of the molecule is Cn1cc2c3c(nc(N)nc31)SCC2. The lowest BCUT2D eigenvalue weighted by atomic mass is 10.2. The molecule has 1 aliphatic rings. The van der Waals surface area contributed by atoms with Crippen LogP contribution in [0.25, 0.3) is 11.0 Å². The Morgan fingerprint density at radius 3 is 3.21 bits per heavy atom. The third-order valence-corrected chi connectivity index (χ3v) is 3.47. The van der Waals surface area contributed by atoms with E-state index in [4.69, 9.17) is 5.73 Å². The molecule has 14 heavy (non-hydrogen) atoms. The number of aryl methyl sites for hydroxylation is 2. The third kappa shape index (κ3) is 0.957. The summed E-state index contributed by atoms with van der Waals surface area (Å²) in [7, 11) is 2.00. The number of nitrogen functional groups attached to an aromatic ring is 1. The van der Waals surface area contributed by atoms with Gasteiger partial charge in [-0.1, -0.05) is 0 Å². The Morgan fingerprint density at radius 2 is 2.36 bits per heavy atom. The molecule has 0 bridgehead atoms. The van der Waals surface area contributed by atoms with Gasteiger partial charge in [0.25, 0.3) is 0 Å². The topological polar surface area (TPSA) is 56.7 Å². The second-order valence-electron chi connectivity index (χ2n) is 3.45. The van der Waals surface area contributed by atoms with Gasteiger partial charge < -0.3 is 10.3 Å². The van der Waals surface area contributed by atoms with E-state index in [1.54, 1.807) is 11.8 Å². The molecule has 0 unspecified atom stereocenters. The zero-order chi connectivity index (χ0) is 9.71. The van der Waals surface area contributed by atoms with Crippen LogP contribution in [0.1, 0.15) is 5.56 Å². The van der Waals surface area contributed by atoms with Crippen molar-refractivity contribution in [2.75, 3.05) is 11.5 Å². The maximum Gasteiger partial charge on any atom is 0.223 e. The third-order valence-electron chi connectivity index (χ3n) is 2.49. The lowest BCUT2D eigenvalue weighted by Gasteiger charge is -2.09. The average molecular weight is 206 g/mol. The van der Waals surface area contributed by atoms with Gasteiger partial charge in [0, 0.05) is 19.0 Å². The maximum atomic E-state index is 5.65. The summed E-state index contributed by atoms with van der Waals surface area (Å²) in [5.41, 5.74) is 7.95. The predicted octanol–water partition coefficient (Wildman–Crippen LogP) is 1.20. The summed E-state index contributed by atoms with van der Waals surface area (Å²) >= 11 is 1.76. The molecule has 2 aromatic heterocycles. The zero-order valence-electron chi connectivity index (χ0n) is 7.82. The Morgan fingerprint density at radius 1 is 1.50 bits per heavy atom. The highest BCUT2D eigenvalue weighted by Crippen LogP contribution is 2.34. The Balaban J connectivity index is 2.49. The summed E-state index contributed by atoms with van der Waals surface area (Å²) in [5.74, 6) is 1.46. The van der Waals surface area contributed by atoms with Gasteiger partial charge in [-0.05, 0) is 12.0 Å². The number of hydrogen-bond acceptors (Lipinski definition) is 4. The van der Waals surface area contributed by atoms with Crippen molar-refractivity contribution in [2.45, 2.75) is 11.4 Å². The Bertz CT molecular complexity index is 517. The van der Waals surface area contributed by atoms with Gasteiger partial charge in [0.2, 0.25) is 5.95 Å². The first kappa shape index (κ1) is 8.11. The minimum Gasteiger partial charge on any atom is -0.368 e. The summed E-state index contributed by atoms with van der Waals surface area (Å²) in [6.45, 7) is 0. The molecule has 0 aliphatic carbocycles. The molecule has 4 nitrogen and oxygen atoms in total. The molecule has 2 N–H and O–H groups in total. The lowest BCUT2D eigenvalue weighted by molar-refractivity contribution is 0.935. The molecule has 0 spiro atoms. The monoisotopic (exact) mass is 206 g/mol. The molecule has 3 heterocycles. The molecule has 3 rings (SSSR count). The van der Waals surface area contributed by atoms with Crippen LogP contribution in [0.5, 0.6) is 0 Å². The van der Waals surface area contributed by atoms with Crippen LogP contribution in [0.15, 0.2) is 11.2 Å². The maximum absolute atomic E-state index is 5.65. The van der Waals surface area contributed by atoms with E-state index in [2.05, 4.69) is 16.2 Å². The summed E-state index contributed by atoms with van der Waals surface area (Å²) in [4.78, 5) is 8.52. The second kappa shape index (κ2) is 2.63. The number of nitrogens with two attached hydrogens (primary N) is 1. The highest BCUT2D eigenvalue weighted by atomic mass is 32.2. The second-order valence-corrected chi connectivity index (χ2v) is 4.53. The van der Waals surface area contributed by atoms with E-state index < -0.39 is 0 Å². The van der Waals surface area contributed by atoms with E-state index in [9.17, 15) is 0 Å². The minimum atomic E-state index is 0.370. The standard InChI is InChI=1S/C9H10N4S/c1-13-4-5-2-3-14-8-6(5)7(13)11-9(10)12-8/h4H,2-3H2,1H3,(H2,10,11,12). The summed E-state index contributed by atoms with van der Waals surface area (Å²) in [5, 5.41) is 2.23. The summed E-state index contributed by atoms with van der Waals surface area (Å²) in [6, 6.07) is 0. The Kier molecular flexibility index (Phi) is 1.53. The van der Waals surface area contributed by atoms with Crippen molar-refractivity contribution in [1.29, 1.82) is 0 Å². The van der Waals surface area contributed by atoms with E-state index in [-0.39, 0.29) is 0 Å². The molecule has 0 saturated heterocycles. The average Bonchev–Trinajstić information content (AvgIpc) is 2.45. The molecule has 72 valence electrons. The van der Waals surface area contributed by atoms with Crippen molar-refractivity contribution in [2.24, 2.45) is 7.05 Å². The molecule has 5 heteroatoms. The molecule has 0 aromatic carbocycles. The number of nitrogens with zero attached hydrogens (tertiary/aromatic N) is 3. The van der Waals surface area contributed by atoms with E-state index >= 15 is 0 Å². The van der Waals surface area contributed by atoms with Crippen molar-refractivity contribution >= 4 is 28.7 Å². The van der Waals surface area contributed by atoms with E-state index in [0.717, 1.165) is 22.8 Å². The van der Waals surface area contributed by atoms with Crippen LogP contribution in [-0.2, 0) is 13.5 Å². The normalized spacial score (nSPS) is 14.9. The molecular formula is C9H10N4S. The van der Waals surface area contributed by atoms with Crippen molar-refractivity contribution < 1.29 is 0 Å². The molecule has 0 amide bonds. The zero-order valence-corrected chi connectivity index (χ0v) is 8.64. The van der Waals surface area contributed by atoms with Gasteiger partial charge in [-0.25, -0.2) is 4.98 Å². The van der Waals surface area contributed by atoms with Crippen LogP contribution in [-0.4, -0.2) is 20.3 Å². The summed E-state index contributed by atoms with van der Waals surface area (Å²) in [6.07, 6.45) is 3.23. The Labute approximate surface area is 85.5 Å². The smallest absolute Gasteiger partial charge is 0.223 e. The van der Waals surface area contributed by atoms with Crippen LogP contribution in [0.4, 0.5) is 5.95 Å². The number of hydrogen-bond donors (Lipinski definition) is 1. The van der Waals surface area contributed by atoms with Crippen LogP contribution in [0, 0.1) is 0 Å². The van der Waals surface area contributed by atoms with Crippen LogP contribution < -0.4 is 5.73 Å².